The third-order valence-corrected chi connectivity index (χ3v) is 4.66. The molecule has 13 heavy (non-hydrogen) atoms. The number of hydrogen-bond acceptors (Lipinski definition) is 4. The number of nitrogens with one attached hydrogen (secondary N) is 1. The number of sulfonamides is 1. The molecule has 0 bridgehead atoms. The van der Waals surface area contributed by atoms with Gasteiger partial charge in [0.25, 0.3) is 0 Å². The maximum Gasteiger partial charge on any atom is 0.247 e. The van der Waals surface area contributed by atoms with E-state index in [4.69, 9.17) is 5.14 Å². The molecule has 0 spiro atoms. The molecule has 0 atom stereocenters. The van der Waals surface area contributed by atoms with Gasteiger partial charge >= 0.3 is 0 Å². The van der Waals surface area contributed by atoms with E-state index in [1.54, 1.807) is 6.07 Å². The fourth-order valence-electron chi connectivity index (χ4n) is 1.37. The first-order valence-electron chi connectivity index (χ1n) is 3.92. The molecule has 0 fully saturated rings. The molecule has 0 saturated heterocycles. The number of rotatable bonds is 1. The molecule has 0 aliphatic carbocycles. The van der Waals surface area contributed by atoms with E-state index in [1.807, 2.05) is 0 Å². The van der Waals surface area contributed by atoms with Crippen molar-refractivity contribution in [2.24, 2.45) is 5.14 Å². The summed E-state index contributed by atoms with van der Waals surface area (Å²) >= 11 is 1.29. The van der Waals surface area contributed by atoms with Crippen LogP contribution in [0.15, 0.2) is 10.3 Å². The van der Waals surface area contributed by atoms with Crippen LogP contribution in [-0.4, -0.2) is 15.0 Å². The zero-order valence-corrected chi connectivity index (χ0v) is 8.54. The van der Waals surface area contributed by atoms with Crippen molar-refractivity contribution in [1.82, 2.24) is 5.32 Å². The Morgan fingerprint density at radius 1 is 1.54 bits per heavy atom. The first-order valence-corrected chi connectivity index (χ1v) is 6.29. The quantitative estimate of drug-likeness (QED) is 0.699. The summed E-state index contributed by atoms with van der Waals surface area (Å²) in [6.45, 7) is 1.67. The number of thiophene rings is 1. The Kier molecular flexibility index (Phi) is 2.15. The Morgan fingerprint density at radius 2 is 2.31 bits per heavy atom. The zero-order valence-electron chi connectivity index (χ0n) is 6.91. The maximum atomic E-state index is 11.0. The predicted octanol–water partition coefficient (Wildman–Crippen LogP) is 0.0412. The molecule has 6 heteroatoms. The summed E-state index contributed by atoms with van der Waals surface area (Å²) < 4.78 is 22.3. The fourth-order valence-corrected chi connectivity index (χ4v) is 3.35. The minimum absolute atomic E-state index is 0.279. The van der Waals surface area contributed by atoms with Gasteiger partial charge < -0.3 is 5.32 Å². The number of nitrogens with two attached hydrogens (primary N) is 1. The monoisotopic (exact) mass is 218 g/mol. The molecule has 1 aliphatic heterocycles. The third-order valence-electron chi connectivity index (χ3n) is 2.00. The van der Waals surface area contributed by atoms with E-state index in [0.717, 1.165) is 30.0 Å². The van der Waals surface area contributed by atoms with Crippen molar-refractivity contribution in [1.29, 1.82) is 0 Å². The van der Waals surface area contributed by atoms with Crippen molar-refractivity contribution in [2.75, 3.05) is 6.54 Å². The van der Waals surface area contributed by atoms with Crippen molar-refractivity contribution < 1.29 is 8.42 Å². The topological polar surface area (TPSA) is 72.2 Å². The van der Waals surface area contributed by atoms with Gasteiger partial charge in [-0.3, -0.25) is 0 Å². The molecule has 2 heterocycles. The van der Waals surface area contributed by atoms with Crippen LogP contribution in [0.3, 0.4) is 0 Å². The van der Waals surface area contributed by atoms with Crippen molar-refractivity contribution in [3.05, 3.63) is 16.5 Å². The zero-order chi connectivity index (χ0) is 9.47. The minimum Gasteiger partial charge on any atom is -0.312 e. The van der Waals surface area contributed by atoms with E-state index in [9.17, 15) is 8.42 Å². The average molecular weight is 218 g/mol. The van der Waals surface area contributed by atoms with Gasteiger partial charge in [-0.25, -0.2) is 13.6 Å². The molecule has 2 rings (SSSR count). The average Bonchev–Trinajstić information content (AvgIpc) is 2.45. The van der Waals surface area contributed by atoms with Gasteiger partial charge in [-0.05, 0) is 18.1 Å². The molecule has 0 aromatic carbocycles. The van der Waals surface area contributed by atoms with E-state index in [1.165, 1.54) is 11.3 Å². The molecule has 0 unspecified atom stereocenters. The second-order valence-corrected chi connectivity index (χ2v) is 5.91. The summed E-state index contributed by atoms with van der Waals surface area (Å²) in [4.78, 5) is 1.14. The fraction of sp³-hybridized carbons (Fsp3) is 0.429. The standard InChI is InChI=1S/C7H10N2O2S2/c8-13(10,11)7-3-5-4-9-2-1-6(5)12-7/h3,9H,1-2,4H2,(H2,8,10,11). The molecule has 4 nitrogen and oxygen atoms in total. The summed E-state index contributed by atoms with van der Waals surface area (Å²) in [7, 11) is -3.51. The summed E-state index contributed by atoms with van der Waals surface area (Å²) in [6.07, 6.45) is 0.898. The minimum atomic E-state index is -3.51. The van der Waals surface area contributed by atoms with Crippen LogP contribution in [0.1, 0.15) is 10.4 Å². The molecular formula is C7H10N2O2S2. The van der Waals surface area contributed by atoms with Gasteiger partial charge in [0.05, 0.1) is 0 Å². The van der Waals surface area contributed by atoms with Gasteiger partial charge in [0, 0.05) is 18.0 Å². The van der Waals surface area contributed by atoms with Crippen LogP contribution in [0.4, 0.5) is 0 Å². The Morgan fingerprint density at radius 3 is 2.92 bits per heavy atom. The normalized spacial score (nSPS) is 17.0. The SMILES string of the molecule is NS(=O)(=O)c1cc2c(s1)CCNC2. The second kappa shape index (κ2) is 3.06. The molecule has 0 amide bonds. The van der Waals surface area contributed by atoms with Gasteiger partial charge in [0.1, 0.15) is 4.21 Å². The highest BCUT2D eigenvalue weighted by Crippen LogP contribution is 2.27. The molecule has 0 saturated carbocycles. The highest BCUT2D eigenvalue weighted by atomic mass is 32.2. The number of fused-ring (bicyclic) bond motifs is 1. The molecule has 1 aliphatic rings. The largest absolute Gasteiger partial charge is 0.312 e. The first kappa shape index (κ1) is 9.14. The van der Waals surface area contributed by atoms with Crippen LogP contribution in [0, 0.1) is 0 Å². The smallest absolute Gasteiger partial charge is 0.247 e. The Balaban J connectivity index is 2.47. The summed E-state index contributed by atoms with van der Waals surface area (Å²) in [6, 6.07) is 1.67. The van der Waals surface area contributed by atoms with Crippen LogP contribution in [0.2, 0.25) is 0 Å². The summed E-state index contributed by atoms with van der Waals surface area (Å²) in [5.41, 5.74) is 1.07. The van der Waals surface area contributed by atoms with Crippen LogP contribution in [0.5, 0.6) is 0 Å². The lowest BCUT2D eigenvalue weighted by Gasteiger charge is -2.10. The lowest BCUT2D eigenvalue weighted by atomic mass is 10.1. The second-order valence-electron chi connectivity index (χ2n) is 2.99. The van der Waals surface area contributed by atoms with Gasteiger partial charge in [0.2, 0.25) is 10.0 Å². The van der Waals surface area contributed by atoms with Gasteiger partial charge in [-0.1, -0.05) is 0 Å². The van der Waals surface area contributed by atoms with Gasteiger partial charge in [-0.2, -0.15) is 0 Å². The van der Waals surface area contributed by atoms with Gasteiger partial charge in [-0.15, -0.1) is 11.3 Å². The Hall–Kier alpha value is -0.430. The van der Waals surface area contributed by atoms with Crippen LogP contribution >= 0.6 is 11.3 Å². The van der Waals surface area contributed by atoms with Crippen LogP contribution in [-0.2, 0) is 23.0 Å². The van der Waals surface area contributed by atoms with Gasteiger partial charge in [0.15, 0.2) is 0 Å². The molecule has 0 radical (unpaired) electrons. The van der Waals surface area contributed by atoms with E-state index in [2.05, 4.69) is 5.32 Å². The highest BCUT2D eigenvalue weighted by molar-refractivity contribution is 7.91. The van der Waals surface area contributed by atoms with E-state index >= 15 is 0 Å². The summed E-state index contributed by atoms with van der Waals surface area (Å²) in [5.74, 6) is 0. The lowest BCUT2D eigenvalue weighted by molar-refractivity contribution is 0.599. The Bertz CT molecular complexity index is 398. The van der Waals surface area contributed by atoms with E-state index < -0.39 is 10.0 Å². The highest BCUT2D eigenvalue weighted by Gasteiger charge is 2.18. The molecule has 1 aromatic rings. The van der Waals surface area contributed by atoms with Crippen LogP contribution < -0.4 is 10.5 Å². The Labute approximate surface area is 80.8 Å². The maximum absolute atomic E-state index is 11.0. The molecular weight excluding hydrogens is 208 g/mol. The first-order chi connectivity index (χ1) is 6.07. The van der Waals surface area contributed by atoms with Crippen molar-refractivity contribution >= 4 is 21.4 Å². The van der Waals surface area contributed by atoms with Crippen molar-refractivity contribution in [2.45, 2.75) is 17.2 Å². The summed E-state index contributed by atoms with van der Waals surface area (Å²) in [5, 5.41) is 8.21. The van der Waals surface area contributed by atoms with E-state index in [0.29, 0.717) is 0 Å². The molecule has 72 valence electrons. The molecule has 1 aromatic heterocycles. The third kappa shape index (κ3) is 1.76. The number of primary sulfonamides is 1. The van der Waals surface area contributed by atoms with Crippen LogP contribution in [0.25, 0.3) is 0 Å². The van der Waals surface area contributed by atoms with Crippen molar-refractivity contribution in [3.8, 4) is 0 Å². The number of hydrogen-bond donors (Lipinski definition) is 2. The van der Waals surface area contributed by atoms with Crippen molar-refractivity contribution in [3.63, 3.8) is 0 Å². The predicted molar refractivity (Wildman–Crippen MR) is 51.1 cm³/mol. The van der Waals surface area contributed by atoms with E-state index in [-0.39, 0.29) is 4.21 Å². The lowest BCUT2D eigenvalue weighted by Crippen LogP contribution is -2.21. The molecule has 3 N–H and O–H groups in total.